The lowest BCUT2D eigenvalue weighted by molar-refractivity contribution is -0.383. The molecule has 0 amide bonds. The zero-order valence-electron chi connectivity index (χ0n) is 12.9. The first-order valence-corrected chi connectivity index (χ1v) is 7.54. The van der Waals surface area contributed by atoms with E-state index in [9.17, 15) is 10.1 Å². The van der Waals surface area contributed by atoms with Gasteiger partial charge in [0.1, 0.15) is 6.33 Å². The van der Waals surface area contributed by atoms with E-state index in [0.29, 0.717) is 24.1 Å². The van der Waals surface area contributed by atoms with Gasteiger partial charge < -0.3 is 10.2 Å². The molecule has 7 heteroatoms. The summed E-state index contributed by atoms with van der Waals surface area (Å²) in [5, 5.41) is 14.5. The molecule has 1 saturated heterocycles. The zero-order valence-corrected chi connectivity index (χ0v) is 12.9. The fraction of sp³-hybridized carbons (Fsp3) is 0.714. The molecule has 2 unspecified atom stereocenters. The molecule has 1 fully saturated rings. The largest absolute Gasteiger partial charge is 0.364 e. The second-order valence-corrected chi connectivity index (χ2v) is 5.76. The van der Waals surface area contributed by atoms with E-state index in [-0.39, 0.29) is 16.7 Å². The van der Waals surface area contributed by atoms with Crippen LogP contribution >= 0.6 is 0 Å². The molecule has 0 aliphatic carbocycles. The van der Waals surface area contributed by atoms with Crippen LogP contribution < -0.4 is 10.2 Å². The highest BCUT2D eigenvalue weighted by Gasteiger charge is 2.32. The number of nitrogens with one attached hydrogen (secondary N) is 1. The van der Waals surface area contributed by atoms with Crippen molar-refractivity contribution in [3.63, 3.8) is 0 Å². The maximum Gasteiger partial charge on any atom is 0.353 e. The van der Waals surface area contributed by atoms with Crippen LogP contribution in [-0.2, 0) is 0 Å². The standard InChI is InChI=1S/C14H23N5O2/c1-4-7-15-13-12(19(20)21)14(17-9-16-13)18-8-10(2)5-6-11(18)3/h9-11H,4-8H2,1-3H3,(H,15,16,17). The SMILES string of the molecule is CCCNc1ncnc(N2CC(C)CCC2C)c1[N+](=O)[O-]. The maximum absolute atomic E-state index is 11.5. The molecule has 1 aliphatic heterocycles. The molecular formula is C14H23N5O2. The molecule has 1 N–H and O–H groups in total. The molecule has 1 aromatic rings. The molecule has 2 heterocycles. The third kappa shape index (κ3) is 3.40. The Hall–Kier alpha value is -1.92. The van der Waals surface area contributed by atoms with Crippen molar-refractivity contribution in [2.24, 2.45) is 5.92 Å². The van der Waals surface area contributed by atoms with Gasteiger partial charge in [0.05, 0.1) is 4.92 Å². The van der Waals surface area contributed by atoms with Crippen molar-refractivity contribution in [3.05, 3.63) is 16.4 Å². The first kappa shape index (κ1) is 15.5. The molecule has 7 nitrogen and oxygen atoms in total. The topological polar surface area (TPSA) is 84.2 Å². The van der Waals surface area contributed by atoms with Crippen LogP contribution in [-0.4, -0.2) is 34.0 Å². The van der Waals surface area contributed by atoms with Crippen molar-refractivity contribution < 1.29 is 4.92 Å². The molecule has 1 aromatic heterocycles. The van der Waals surface area contributed by atoms with Crippen LogP contribution in [0.15, 0.2) is 6.33 Å². The number of anilines is 2. The van der Waals surface area contributed by atoms with Crippen LogP contribution in [0.4, 0.5) is 17.3 Å². The van der Waals surface area contributed by atoms with E-state index < -0.39 is 0 Å². The molecule has 21 heavy (non-hydrogen) atoms. The van der Waals surface area contributed by atoms with Gasteiger partial charge in [-0.05, 0) is 32.1 Å². The smallest absolute Gasteiger partial charge is 0.353 e. The lowest BCUT2D eigenvalue weighted by Gasteiger charge is -2.37. The Morgan fingerprint density at radius 3 is 2.86 bits per heavy atom. The molecule has 0 saturated carbocycles. The van der Waals surface area contributed by atoms with Crippen LogP contribution in [0, 0.1) is 16.0 Å². The number of piperidine rings is 1. The van der Waals surface area contributed by atoms with Crippen LogP contribution in [0.5, 0.6) is 0 Å². The fourth-order valence-electron chi connectivity index (χ4n) is 2.70. The van der Waals surface area contributed by atoms with Crippen LogP contribution in [0.2, 0.25) is 0 Å². The zero-order chi connectivity index (χ0) is 15.4. The maximum atomic E-state index is 11.5. The third-order valence-corrected chi connectivity index (χ3v) is 3.92. The van der Waals surface area contributed by atoms with Crippen LogP contribution in [0.25, 0.3) is 0 Å². The van der Waals surface area contributed by atoms with Gasteiger partial charge in [-0.3, -0.25) is 10.1 Å². The first-order chi connectivity index (χ1) is 10.0. The Bertz CT molecular complexity index is 508. The van der Waals surface area contributed by atoms with E-state index in [4.69, 9.17) is 0 Å². The predicted octanol–water partition coefficient (Wildman–Crippen LogP) is 2.83. The number of aromatic nitrogens is 2. The summed E-state index contributed by atoms with van der Waals surface area (Å²) in [5.74, 6) is 1.27. The van der Waals surface area contributed by atoms with Gasteiger partial charge >= 0.3 is 5.69 Å². The number of nitrogens with zero attached hydrogens (tertiary/aromatic N) is 4. The molecular weight excluding hydrogens is 270 g/mol. The summed E-state index contributed by atoms with van der Waals surface area (Å²) in [7, 11) is 0. The lowest BCUT2D eigenvalue weighted by Crippen LogP contribution is -2.42. The van der Waals surface area contributed by atoms with E-state index >= 15 is 0 Å². The number of nitro groups is 1. The minimum absolute atomic E-state index is 0.00750. The van der Waals surface area contributed by atoms with Crippen molar-refractivity contribution in [2.75, 3.05) is 23.3 Å². The van der Waals surface area contributed by atoms with Gasteiger partial charge in [-0.15, -0.1) is 0 Å². The molecule has 0 aromatic carbocycles. The van der Waals surface area contributed by atoms with E-state index in [1.807, 2.05) is 11.8 Å². The summed E-state index contributed by atoms with van der Waals surface area (Å²) >= 11 is 0. The predicted molar refractivity (Wildman–Crippen MR) is 82.7 cm³/mol. The Labute approximate surface area is 124 Å². The Morgan fingerprint density at radius 1 is 1.43 bits per heavy atom. The minimum atomic E-state index is -0.376. The van der Waals surface area contributed by atoms with Crippen molar-refractivity contribution in [1.29, 1.82) is 0 Å². The molecule has 1 aliphatic rings. The fourth-order valence-corrected chi connectivity index (χ4v) is 2.70. The number of hydrogen-bond donors (Lipinski definition) is 1. The normalized spacial score (nSPS) is 22.1. The second-order valence-electron chi connectivity index (χ2n) is 5.76. The Balaban J connectivity index is 2.39. The lowest BCUT2D eigenvalue weighted by atomic mass is 9.95. The quantitative estimate of drug-likeness (QED) is 0.664. The number of rotatable bonds is 5. The van der Waals surface area contributed by atoms with Gasteiger partial charge in [0.15, 0.2) is 0 Å². The average Bonchev–Trinajstić information content (AvgIpc) is 2.47. The average molecular weight is 293 g/mol. The summed E-state index contributed by atoms with van der Waals surface area (Å²) in [6, 6.07) is 0.258. The van der Waals surface area contributed by atoms with E-state index in [2.05, 4.69) is 29.1 Å². The molecule has 2 atom stereocenters. The van der Waals surface area contributed by atoms with Gasteiger partial charge in [-0.2, -0.15) is 0 Å². The van der Waals surface area contributed by atoms with Crippen LogP contribution in [0.1, 0.15) is 40.0 Å². The first-order valence-electron chi connectivity index (χ1n) is 7.54. The summed E-state index contributed by atoms with van der Waals surface area (Å²) in [4.78, 5) is 21.4. The molecule has 116 valence electrons. The summed E-state index contributed by atoms with van der Waals surface area (Å²) in [6.07, 6.45) is 4.47. The second kappa shape index (κ2) is 6.69. The monoisotopic (exact) mass is 293 g/mol. The highest BCUT2D eigenvalue weighted by atomic mass is 16.6. The summed E-state index contributed by atoms with van der Waals surface area (Å²) < 4.78 is 0. The van der Waals surface area contributed by atoms with Gasteiger partial charge in [-0.25, -0.2) is 9.97 Å². The van der Waals surface area contributed by atoms with Crippen molar-refractivity contribution in [3.8, 4) is 0 Å². The van der Waals surface area contributed by atoms with E-state index in [1.54, 1.807) is 0 Å². The van der Waals surface area contributed by atoms with E-state index in [1.165, 1.54) is 6.33 Å². The Morgan fingerprint density at radius 2 is 2.19 bits per heavy atom. The Kier molecular flexibility index (Phi) is 4.93. The highest BCUT2D eigenvalue weighted by molar-refractivity contribution is 5.70. The van der Waals surface area contributed by atoms with Gasteiger partial charge in [-0.1, -0.05) is 13.8 Å². The van der Waals surface area contributed by atoms with Crippen molar-refractivity contribution in [1.82, 2.24) is 9.97 Å². The summed E-state index contributed by atoms with van der Waals surface area (Å²) in [5.41, 5.74) is -0.00750. The molecule has 2 rings (SSSR count). The summed E-state index contributed by atoms with van der Waals surface area (Å²) in [6.45, 7) is 7.73. The van der Waals surface area contributed by atoms with E-state index in [0.717, 1.165) is 25.8 Å². The molecule has 0 spiro atoms. The van der Waals surface area contributed by atoms with Gasteiger partial charge in [0.25, 0.3) is 0 Å². The molecule has 0 radical (unpaired) electrons. The highest BCUT2D eigenvalue weighted by Crippen LogP contribution is 2.35. The van der Waals surface area contributed by atoms with Gasteiger partial charge in [0.2, 0.25) is 11.6 Å². The van der Waals surface area contributed by atoms with Crippen molar-refractivity contribution in [2.45, 2.75) is 46.1 Å². The number of hydrogen-bond acceptors (Lipinski definition) is 6. The van der Waals surface area contributed by atoms with Gasteiger partial charge in [0, 0.05) is 19.1 Å². The minimum Gasteiger partial charge on any atom is -0.364 e. The molecule has 0 bridgehead atoms. The van der Waals surface area contributed by atoms with Crippen LogP contribution in [0.3, 0.4) is 0 Å². The van der Waals surface area contributed by atoms with Crippen molar-refractivity contribution >= 4 is 17.3 Å². The third-order valence-electron chi connectivity index (χ3n) is 3.92.